The predicted molar refractivity (Wildman–Crippen MR) is 96.1 cm³/mol. The minimum atomic E-state index is -0.603. The molecule has 1 aromatic rings. The normalized spacial score (nSPS) is 20.7. The van der Waals surface area contributed by atoms with Gasteiger partial charge in [0.15, 0.2) is 0 Å². The number of likely N-dealkylation sites (tertiary alicyclic amines) is 2. The molecule has 2 aliphatic heterocycles. The van der Waals surface area contributed by atoms with Gasteiger partial charge in [-0.15, -0.1) is 5.10 Å². The maximum absolute atomic E-state index is 12.4. The maximum atomic E-state index is 12.4. The zero-order chi connectivity index (χ0) is 18.6. The van der Waals surface area contributed by atoms with Crippen LogP contribution in [0.15, 0.2) is 0 Å². The van der Waals surface area contributed by atoms with E-state index in [1.54, 1.807) is 4.90 Å². The van der Waals surface area contributed by atoms with E-state index in [9.17, 15) is 9.59 Å². The number of hydrogen-bond donors (Lipinski definition) is 4. The molecular weight excluding hydrogens is 336 g/mol. The molecule has 10 heteroatoms. The number of urea groups is 1. The second-order valence-electron chi connectivity index (χ2n) is 7.05. The van der Waals surface area contributed by atoms with Gasteiger partial charge in [0.25, 0.3) is 0 Å². The molecule has 2 saturated heterocycles. The van der Waals surface area contributed by atoms with Gasteiger partial charge >= 0.3 is 6.03 Å². The molecule has 0 bridgehead atoms. The van der Waals surface area contributed by atoms with E-state index in [2.05, 4.69) is 25.4 Å². The summed E-state index contributed by atoms with van der Waals surface area (Å²) in [6.45, 7) is 3.32. The summed E-state index contributed by atoms with van der Waals surface area (Å²) in [5.41, 5.74) is 10.6. The standard InChI is InChI=1S/C16H28N8O2/c17-13(25)16(24-8-2-1-3-9-24)5-10-23(11-6-16)15(26)19-7-4-12-20-14(18)22-21-12/h1-11H2,(H2,17,25)(H,19,26)(H3,18,20,21,22). The van der Waals surface area contributed by atoms with E-state index in [0.717, 1.165) is 25.9 Å². The van der Waals surface area contributed by atoms with Crippen LogP contribution in [-0.2, 0) is 11.2 Å². The number of nitrogens with zero attached hydrogens (tertiary/aromatic N) is 4. The number of carbonyl (C=O) groups is 2. The van der Waals surface area contributed by atoms with Gasteiger partial charge in [-0.2, -0.15) is 4.98 Å². The lowest BCUT2D eigenvalue weighted by Gasteiger charge is -2.48. The first-order valence-corrected chi connectivity index (χ1v) is 9.26. The molecule has 0 unspecified atom stereocenters. The quantitative estimate of drug-likeness (QED) is 0.551. The highest BCUT2D eigenvalue weighted by atomic mass is 16.2. The molecule has 3 rings (SSSR count). The number of rotatable bonds is 5. The van der Waals surface area contributed by atoms with Gasteiger partial charge < -0.3 is 21.7 Å². The summed E-state index contributed by atoms with van der Waals surface area (Å²) in [5, 5.41) is 9.34. The highest BCUT2D eigenvalue weighted by Gasteiger charge is 2.45. The molecule has 0 saturated carbocycles. The fourth-order valence-electron chi connectivity index (χ4n) is 3.94. The molecule has 1 aromatic heterocycles. The first kappa shape index (κ1) is 18.4. The number of primary amides is 1. The van der Waals surface area contributed by atoms with Crippen molar-refractivity contribution < 1.29 is 9.59 Å². The number of H-pyrrole nitrogens is 1. The molecule has 3 amide bonds. The Bertz CT molecular complexity index is 632. The summed E-state index contributed by atoms with van der Waals surface area (Å²) in [4.78, 5) is 32.6. The fraction of sp³-hybridized carbons (Fsp3) is 0.750. The van der Waals surface area contributed by atoms with Crippen molar-refractivity contribution in [2.45, 2.75) is 44.1 Å². The van der Waals surface area contributed by atoms with E-state index in [1.165, 1.54) is 6.42 Å². The molecule has 26 heavy (non-hydrogen) atoms. The van der Waals surface area contributed by atoms with Crippen molar-refractivity contribution in [2.75, 3.05) is 38.5 Å². The molecule has 6 N–H and O–H groups in total. The SMILES string of the molecule is NC(=O)C1(N2CCCCC2)CCN(C(=O)NCCc2nc(N)n[nH]2)CC1. The number of hydrogen-bond acceptors (Lipinski definition) is 6. The van der Waals surface area contributed by atoms with Crippen LogP contribution in [0.1, 0.15) is 37.9 Å². The third-order valence-corrected chi connectivity index (χ3v) is 5.48. The Hall–Kier alpha value is -2.36. The topological polar surface area (TPSA) is 146 Å². The second-order valence-corrected chi connectivity index (χ2v) is 7.05. The van der Waals surface area contributed by atoms with Crippen LogP contribution in [0.3, 0.4) is 0 Å². The Morgan fingerprint density at radius 1 is 1.15 bits per heavy atom. The van der Waals surface area contributed by atoms with Gasteiger partial charge in [-0.1, -0.05) is 6.42 Å². The van der Waals surface area contributed by atoms with Crippen molar-refractivity contribution in [3.63, 3.8) is 0 Å². The number of amides is 3. The molecule has 0 aliphatic carbocycles. The summed E-state index contributed by atoms with van der Waals surface area (Å²) in [6, 6.07) is -0.130. The van der Waals surface area contributed by atoms with Gasteiger partial charge in [0, 0.05) is 26.1 Å². The Kier molecular flexibility index (Phi) is 5.60. The van der Waals surface area contributed by atoms with E-state index in [0.29, 0.717) is 44.7 Å². The summed E-state index contributed by atoms with van der Waals surface area (Å²) in [6.07, 6.45) is 5.12. The minimum absolute atomic E-state index is 0.130. The van der Waals surface area contributed by atoms with Crippen LogP contribution in [0.2, 0.25) is 0 Å². The molecule has 3 heterocycles. The molecule has 0 aromatic carbocycles. The van der Waals surface area contributed by atoms with Crippen molar-refractivity contribution in [1.29, 1.82) is 0 Å². The summed E-state index contributed by atoms with van der Waals surface area (Å²) >= 11 is 0. The zero-order valence-corrected chi connectivity index (χ0v) is 15.0. The highest BCUT2D eigenvalue weighted by molar-refractivity contribution is 5.85. The summed E-state index contributed by atoms with van der Waals surface area (Å²) < 4.78 is 0. The maximum Gasteiger partial charge on any atom is 0.317 e. The average molecular weight is 364 g/mol. The Labute approximate surface area is 152 Å². The van der Waals surface area contributed by atoms with Crippen molar-refractivity contribution >= 4 is 17.9 Å². The number of aromatic nitrogens is 3. The molecule has 0 spiro atoms. The zero-order valence-electron chi connectivity index (χ0n) is 15.0. The van der Waals surface area contributed by atoms with Crippen LogP contribution in [-0.4, -0.2) is 75.2 Å². The lowest BCUT2D eigenvalue weighted by molar-refractivity contribution is -0.134. The van der Waals surface area contributed by atoms with Crippen LogP contribution in [0, 0.1) is 0 Å². The van der Waals surface area contributed by atoms with Gasteiger partial charge in [-0.05, 0) is 38.8 Å². The molecular formula is C16H28N8O2. The van der Waals surface area contributed by atoms with Crippen LogP contribution < -0.4 is 16.8 Å². The number of aromatic amines is 1. The molecule has 144 valence electrons. The summed E-state index contributed by atoms with van der Waals surface area (Å²) in [7, 11) is 0. The lowest BCUT2D eigenvalue weighted by atomic mass is 9.83. The first-order chi connectivity index (χ1) is 12.5. The number of piperidine rings is 2. The lowest BCUT2D eigenvalue weighted by Crippen LogP contribution is -2.64. The summed E-state index contributed by atoms with van der Waals surface area (Å²) in [5.74, 6) is 0.574. The smallest absolute Gasteiger partial charge is 0.317 e. The molecule has 10 nitrogen and oxygen atoms in total. The van der Waals surface area contributed by atoms with Gasteiger partial charge in [0.05, 0.1) is 0 Å². The van der Waals surface area contributed by atoms with Crippen molar-refractivity contribution in [1.82, 2.24) is 30.3 Å². The van der Waals surface area contributed by atoms with Crippen molar-refractivity contribution in [3.8, 4) is 0 Å². The van der Waals surface area contributed by atoms with E-state index < -0.39 is 5.54 Å². The highest BCUT2D eigenvalue weighted by Crippen LogP contribution is 2.31. The second kappa shape index (κ2) is 7.90. The predicted octanol–water partition coefficient (Wildman–Crippen LogP) is -0.555. The number of anilines is 1. The van der Waals surface area contributed by atoms with Crippen LogP contribution in [0.4, 0.5) is 10.7 Å². The fourth-order valence-corrected chi connectivity index (χ4v) is 3.94. The van der Waals surface area contributed by atoms with E-state index in [1.807, 2.05) is 0 Å². The Morgan fingerprint density at radius 3 is 2.42 bits per heavy atom. The van der Waals surface area contributed by atoms with E-state index >= 15 is 0 Å². The monoisotopic (exact) mass is 364 g/mol. The third kappa shape index (κ3) is 3.90. The minimum Gasteiger partial charge on any atom is -0.368 e. The average Bonchev–Trinajstić information content (AvgIpc) is 3.07. The Balaban J connectivity index is 1.49. The van der Waals surface area contributed by atoms with E-state index in [4.69, 9.17) is 11.5 Å². The van der Waals surface area contributed by atoms with Gasteiger partial charge in [-0.25, -0.2) is 4.79 Å². The Morgan fingerprint density at radius 2 is 1.85 bits per heavy atom. The van der Waals surface area contributed by atoms with E-state index in [-0.39, 0.29) is 17.9 Å². The molecule has 2 aliphatic rings. The van der Waals surface area contributed by atoms with Crippen molar-refractivity contribution in [2.24, 2.45) is 5.73 Å². The van der Waals surface area contributed by atoms with Crippen LogP contribution >= 0.6 is 0 Å². The van der Waals surface area contributed by atoms with Crippen LogP contribution in [0.25, 0.3) is 0 Å². The number of nitrogen functional groups attached to an aromatic ring is 1. The van der Waals surface area contributed by atoms with Gasteiger partial charge in [-0.3, -0.25) is 14.8 Å². The number of carbonyl (C=O) groups excluding carboxylic acids is 2. The third-order valence-electron chi connectivity index (χ3n) is 5.48. The molecule has 2 fully saturated rings. The largest absolute Gasteiger partial charge is 0.368 e. The van der Waals surface area contributed by atoms with Crippen LogP contribution in [0.5, 0.6) is 0 Å². The van der Waals surface area contributed by atoms with Crippen molar-refractivity contribution in [3.05, 3.63) is 5.82 Å². The first-order valence-electron chi connectivity index (χ1n) is 9.26. The molecule has 0 atom stereocenters. The number of nitrogens with one attached hydrogen (secondary N) is 2. The van der Waals surface area contributed by atoms with Gasteiger partial charge in [0.2, 0.25) is 11.9 Å². The number of nitrogens with two attached hydrogens (primary N) is 2. The van der Waals surface area contributed by atoms with Gasteiger partial charge in [0.1, 0.15) is 11.4 Å². The molecule has 0 radical (unpaired) electrons.